The van der Waals surface area contributed by atoms with Crippen molar-refractivity contribution in [2.75, 3.05) is 0 Å². The fraction of sp³-hybridized carbons (Fsp3) is 0.0909. The molecule has 1 unspecified atom stereocenters. The minimum Gasteiger partial charge on any atom is -0.0622 e. The monoisotopic (exact) mass is 282 g/mol. The molecular formula is C22H18. The van der Waals surface area contributed by atoms with E-state index >= 15 is 0 Å². The third-order valence-corrected chi connectivity index (χ3v) is 4.67. The van der Waals surface area contributed by atoms with Crippen LogP contribution in [-0.2, 0) is 5.41 Å². The molecule has 1 aliphatic rings. The molecule has 0 aliphatic heterocycles. The van der Waals surface area contributed by atoms with Crippen LogP contribution in [0.1, 0.15) is 29.2 Å². The zero-order valence-electron chi connectivity index (χ0n) is 12.7. The quantitative estimate of drug-likeness (QED) is 0.587. The first-order chi connectivity index (χ1) is 10.8. The van der Waals surface area contributed by atoms with Gasteiger partial charge in [-0.1, -0.05) is 91.0 Å². The third kappa shape index (κ3) is 1.92. The van der Waals surface area contributed by atoms with E-state index in [0.29, 0.717) is 0 Å². The van der Waals surface area contributed by atoms with Crippen molar-refractivity contribution in [3.05, 3.63) is 113 Å². The smallest absolute Gasteiger partial charge is 0.0369 e. The highest BCUT2D eigenvalue weighted by atomic mass is 14.4. The molecule has 0 bridgehead atoms. The predicted molar refractivity (Wildman–Crippen MR) is 92.9 cm³/mol. The summed E-state index contributed by atoms with van der Waals surface area (Å²) in [6.07, 6.45) is 2.42. The standard InChI is InChI=1S/C22H18/c1-22(18-12-6-3-7-13-18)16-20(17-10-4-2-5-11-17)19-14-8-9-15-21(19)22/h2-16H,1H3. The average Bonchev–Trinajstić information content (AvgIpc) is 2.91. The Morgan fingerprint density at radius 1 is 0.636 bits per heavy atom. The van der Waals surface area contributed by atoms with Crippen LogP contribution < -0.4 is 0 Å². The van der Waals surface area contributed by atoms with Crippen molar-refractivity contribution in [3.8, 4) is 0 Å². The zero-order chi connectivity index (χ0) is 15.0. The molecule has 22 heavy (non-hydrogen) atoms. The van der Waals surface area contributed by atoms with E-state index in [1.165, 1.54) is 27.8 Å². The second kappa shape index (κ2) is 4.99. The predicted octanol–water partition coefficient (Wildman–Crippen LogP) is 5.44. The number of rotatable bonds is 2. The molecule has 0 heteroatoms. The van der Waals surface area contributed by atoms with E-state index in [-0.39, 0.29) is 5.41 Å². The van der Waals surface area contributed by atoms with Gasteiger partial charge in [-0.25, -0.2) is 0 Å². The van der Waals surface area contributed by atoms with Gasteiger partial charge in [-0.05, 0) is 34.8 Å². The van der Waals surface area contributed by atoms with E-state index in [4.69, 9.17) is 0 Å². The summed E-state index contributed by atoms with van der Waals surface area (Å²) in [6, 6.07) is 30.2. The molecule has 0 saturated carbocycles. The normalized spacial score (nSPS) is 19.6. The van der Waals surface area contributed by atoms with Gasteiger partial charge in [0.25, 0.3) is 0 Å². The van der Waals surface area contributed by atoms with Gasteiger partial charge in [0.1, 0.15) is 0 Å². The molecule has 0 radical (unpaired) electrons. The highest BCUT2D eigenvalue weighted by Gasteiger charge is 2.35. The van der Waals surface area contributed by atoms with Crippen molar-refractivity contribution in [1.82, 2.24) is 0 Å². The molecule has 0 spiro atoms. The molecule has 1 aliphatic carbocycles. The molecule has 0 N–H and O–H groups in total. The third-order valence-electron chi connectivity index (χ3n) is 4.67. The molecule has 0 aromatic heterocycles. The zero-order valence-corrected chi connectivity index (χ0v) is 12.7. The lowest BCUT2D eigenvalue weighted by atomic mass is 9.78. The van der Waals surface area contributed by atoms with Crippen LogP contribution in [0.4, 0.5) is 0 Å². The van der Waals surface area contributed by atoms with Gasteiger partial charge in [-0.15, -0.1) is 0 Å². The van der Waals surface area contributed by atoms with Crippen LogP contribution in [-0.4, -0.2) is 0 Å². The summed E-state index contributed by atoms with van der Waals surface area (Å²) < 4.78 is 0. The van der Waals surface area contributed by atoms with E-state index in [1.54, 1.807) is 0 Å². The van der Waals surface area contributed by atoms with Gasteiger partial charge in [0.2, 0.25) is 0 Å². The highest BCUT2D eigenvalue weighted by Crippen LogP contribution is 2.46. The number of allylic oxidation sites excluding steroid dienone is 1. The number of hydrogen-bond donors (Lipinski definition) is 0. The van der Waals surface area contributed by atoms with Crippen molar-refractivity contribution in [2.24, 2.45) is 0 Å². The summed E-state index contributed by atoms with van der Waals surface area (Å²) >= 11 is 0. The molecule has 3 aromatic rings. The molecule has 0 amide bonds. The Morgan fingerprint density at radius 2 is 1.23 bits per heavy atom. The maximum atomic E-state index is 2.42. The molecule has 0 fully saturated rings. The molecule has 1 atom stereocenters. The molecule has 0 saturated heterocycles. The van der Waals surface area contributed by atoms with Gasteiger partial charge in [0.05, 0.1) is 0 Å². The Morgan fingerprint density at radius 3 is 1.95 bits per heavy atom. The summed E-state index contributed by atoms with van der Waals surface area (Å²) in [5.74, 6) is 0. The lowest BCUT2D eigenvalue weighted by Crippen LogP contribution is -2.18. The second-order valence-corrected chi connectivity index (χ2v) is 6.04. The number of hydrogen-bond acceptors (Lipinski definition) is 0. The Labute approximate surface area is 131 Å². The summed E-state index contributed by atoms with van der Waals surface area (Å²) in [5, 5.41) is 0. The minimum absolute atomic E-state index is 0.0664. The van der Waals surface area contributed by atoms with Gasteiger partial charge >= 0.3 is 0 Å². The van der Waals surface area contributed by atoms with Gasteiger partial charge in [0.15, 0.2) is 0 Å². The fourth-order valence-electron chi connectivity index (χ4n) is 3.49. The van der Waals surface area contributed by atoms with Crippen molar-refractivity contribution in [2.45, 2.75) is 12.3 Å². The van der Waals surface area contributed by atoms with Crippen LogP contribution in [0.2, 0.25) is 0 Å². The van der Waals surface area contributed by atoms with Crippen LogP contribution in [0, 0.1) is 0 Å². The molecule has 0 heterocycles. The average molecular weight is 282 g/mol. The lowest BCUT2D eigenvalue weighted by Gasteiger charge is -2.24. The van der Waals surface area contributed by atoms with Crippen LogP contribution in [0.15, 0.2) is 91.0 Å². The topological polar surface area (TPSA) is 0 Å². The first kappa shape index (κ1) is 13.1. The van der Waals surface area contributed by atoms with Gasteiger partial charge in [-0.3, -0.25) is 0 Å². The van der Waals surface area contributed by atoms with Gasteiger partial charge in [0, 0.05) is 5.41 Å². The summed E-state index contributed by atoms with van der Waals surface area (Å²) in [7, 11) is 0. The fourth-order valence-corrected chi connectivity index (χ4v) is 3.49. The molecule has 0 nitrogen and oxygen atoms in total. The van der Waals surface area contributed by atoms with E-state index in [2.05, 4.69) is 97.9 Å². The van der Waals surface area contributed by atoms with E-state index < -0.39 is 0 Å². The van der Waals surface area contributed by atoms with Crippen LogP contribution >= 0.6 is 0 Å². The Hall–Kier alpha value is -2.60. The van der Waals surface area contributed by atoms with Crippen molar-refractivity contribution >= 4 is 5.57 Å². The van der Waals surface area contributed by atoms with Crippen molar-refractivity contribution in [3.63, 3.8) is 0 Å². The maximum Gasteiger partial charge on any atom is 0.0369 e. The number of benzene rings is 3. The SMILES string of the molecule is CC1(c2ccccc2)C=C(c2ccccc2)c2ccccc21. The van der Waals surface area contributed by atoms with E-state index in [0.717, 1.165) is 0 Å². The highest BCUT2D eigenvalue weighted by molar-refractivity contribution is 5.88. The summed E-state index contributed by atoms with van der Waals surface area (Å²) in [6.45, 7) is 2.32. The van der Waals surface area contributed by atoms with E-state index in [1.807, 2.05) is 0 Å². The minimum atomic E-state index is -0.0664. The summed E-state index contributed by atoms with van der Waals surface area (Å²) in [5.41, 5.74) is 6.63. The van der Waals surface area contributed by atoms with Crippen molar-refractivity contribution < 1.29 is 0 Å². The molecule has 106 valence electrons. The van der Waals surface area contributed by atoms with Gasteiger partial charge < -0.3 is 0 Å². The second-order valence-electron chi connectivity index (χ2n) is 6.04. The van der Waals surface area contributed by atoms with Gasteiger partial charge in [-0.2, -0.15) is 0 Å². The lowest BCUT2D eigenvalue weighted by molar-refractivity contribution is 0.738. The largest absolute Gasteiger partial charge is 0.0622 e. The molecular weight excluding hydrogens is 264 g/mol. The van der Waals surface area contributed by atoms with Crippen LogP contribution in [0.3, 0.4) is 0 Å². The molecule has 4 rings (SSSR count). The van der Waals surface area contributed by atoms with Crippen molar-refractivity contribution in [1.29, 1.82) is 0 Å². The maximum absolute atomic E-state index is 2.42. The Balaban J connectivity index is 1.96. The Kier molecular flexibility index (Phi) is 2.97. The van der Waals surface area contributed by atoms with Crippen LogP contribution in [0.5, 0.6) is 0 Å². The summed E-state index contributed by atoms with van der Waals surface area (Å²) in [4.78, 5) is 0. The van der Waals surface area contributed by atoms with Crippen LogP contribution in [0.25, 0.3) is 5.57 Å². The first-order valence-electron chi connectivity index (χ1n) is 7.73. The Bertz CT molecular complexity index is 828. The first-order valence-corrected chi connectivity index (χ1v) is 7.73. The van der Waals surface area contributed by atoms with E-state index in [9.17, 15) is 0 Å². The number of fused-ring (bicyclic) bond motifs is 1. The molecule has 3 aromatic carbocycles.